The summed E-state index contributed by atoms with van der Waals surface area (Å²) in [5.74, 6) is 0.666. The number of hydrogen-bond donors (Lipinski definition) is 1. The number of carbonyl (C=O) groups is 1. The molecule has 0 spiro atoms. The van der Waals surface area contributed by atoms with Crippen LogP contribution in [-0.4, -0.2) is 44.0 Å². The summed E-state index contributed by atoms with van der Waals surface area (Å²) >= 11 is 8.75. The average Bonchev–Trinajstić information content (AvgIpc) is 3.22. The maximum Gasteiger partial charge on any atom is 0.252 e. The zero-order valence-corrected chi connectivity index (χ0v) is 17.8. The highest BCUT2D eigenvalue weighted by Crippen LogP contribution is 2.26. The Hall–Kier alpha value is -1.06. The molecule has 1 aliphatic heterocycles. The highest BCUT2D eigenvalue weighted by Gasteiger charge is 2.32. The maximum absolute atomic E-state index is 12.5. The quantitative estimate of drug-likeness (QED) is 0.522. The summed E-state index contributed by atoms with van der Waals surface area (Å²) in [6.07, 6.45) is 1.11. The van der Waals surface area contributed by atoms with Crippen LogP contribution in [-0.2, 0) is 14.8 Å². The molecule has 0 unspecified atom stereocenters. The number of amides is 1. The molecule has 2 aromatic rings. The average molecular weight is 445 g/mol. The molecule has 9 heteroatoms. The van der Waals surface area contributed by atoms with Crippen molar-refractivity contribution in [3.05, 3.63) is 46.8 Å². The molecular weight excluding hydrogens is 424 g/mol. The fraction of sp³-hybridized carbons (Fsp3) is 0.389. The van der Waals surface area contributed by atoms with Gasteiger partial charge in [-0.15, -0.1) is 23.1 Å². The first-order chi connectivity index (χ1) is 13.0. The second-order valence-corrected chi connectivity index (χ2v) is 10.9. The Morgan fingerprint density at radius 2 is 1.93 bits per heavy atom. The fourth-order valence-electron chi connectivity index (χ4n) is 2.91. The predicted molar refractivity (Wildman–Crippen MR) is 111 cm³/mol. The lowest BCUT2D eigenvalue weighted by molar-refractivity contribution is -0.125. The Kier molecular flexibility index (Phi) is 7.22. The van der Waals surface area contributed by atoms with E-state index in [1.54, 1.807) is 29.3 Å². The highest BCUT2D eigenvalue weighted by molar-refractivity contribution is 7.99. The smallest absolute Gasteiger partial charge is 0.252 e. The molecule has 3 rings (SSSR count). The van der Waals surface area contributed by atoms with Gasteiger partial charge < -0.3 is 5.32 Å². The molecular formula is C18H21ClN2O3S3. The van der Waals surface area contributed by atoms with Crippen molar-refractivity contribution in [2.75, 3.05) is 25.4 Å². The third-order valence-corrected chi connectivity index (χ3v) is 8.94. The van der Waals surface area contributed by atoms with Gasteiger partial charge in [-0.1, -0.05) is 17.7 Å². The van der Waals surface area contributed by atoms with Crippen molar-refractivity contribution < 1.29 is 13.2 Å². The van der Waals surface area contributed by atoms with E-state index < -0.39 is 10.0 Å². The Bertz CT molecular complexity index is 846. The zero-order chi connectivity index (χ0) is 19.3. The molecule has 1 N–H and O–H groups in total. The molecule has 0 atom stereocenters. The van der Waals surface area contributed by atoms with Crippen LogP contribution in [0.4, 0.5) is 0 Å². The molecule has 1 amide bonds. The number of halogens is 1. The lowest BCUT2D eigenvalue weighted by Crippen LogP contribution is -2.43. The normalized spacial score (nSPS) is 16.3. The van der Waals surface area contributed by atoms with Crippen molar-refractivity contribution in [1.29, 1.82) is 0 Å². The molecule has 0 saturated carbocycles. The van der Waals surface area contributed by atoms with E-state index in [9.17, 15) is 13.2 Å². The van der Waals surface area contributed by atoms with Gasteiger partial charge in [-0.3, -0.25) is 4.79 Å². The Labute approximate surface area is 173 Å². The van der Waals surface area contributed by atoms with Crippen LogP contribution in [0.3, 0.4) is 0 Å². The zero-order valence-electron chi connectivity index (χ0n) is 14.6. The first kappa shape index (κ1) is 20.7. The van der Waals surface area contributed by atoms with Gasteiger partial charge in [0.25, 0.3) is 10.0 Å². The number of benzene rings is 1. The van der Waals surface area contributed by atoms with Crippen LogP contribution in [0.5, 0.6) is 0 Å². The van der Waals surface area contributed by atoms with Crippen molar-refractivity contribution in [2.24, 2.45) is 5.92 Å². The van der Waals surface area contributed by atoms with Crippen molar-refractivity contribution in [3.8, 4) is 0 Å². The number of hydrogen-bond acceptors (Lipinski definition) is 5. The lowest BCUT2D eigenvalue weighted by atomic mass is 9.97. The lowest BCUT2D eigenvalue weighted by Gasteiger charge is -2.30. The van der Waals surface area contributed by atoms with Gasteiger partial charge >= 0.3 is 0 Å². The second-order valence-electron chi connectivity index (χ2n) is 6.20. The molecule has 0 aliphatic carbocycles. The number of sulfonamides is 1. The predicted octanol–water partition coefficient (Wildman–Crippen LogP) is 3.71. The van der Waals surface area contributed by atoms with E-state index in [0.717, 1.165) is 10.6 Å². The van der Waals surface area contributed by atoms with Gasteiger partial charge in [-0.25, -0.2) is 8.42 Å². The number of piperidine rings is 1. The van der Waals surface area contributed by atoms with E-state index in [2.05, 4.69) is 5.32 Å². The SMILES string of the molecule is O=C(NCCSc1ccc(Cl)cc1)C1CCN(S(=O)(=O)c2cccs2)CC1. The molecule has 5 nitrogen and oxygen atoms in total. The van der Waals surface area contributed by atoms with Crippen LogP contribution in [0.15, 0.2) is 50.9 Å². The summed E-state index contributed by atoms with van der Waals surface area (Å²) in [5, 5.41) is 5.43. The van der Waals surface area contributed by atoms with Gasteiger partial charge in [0.15, 0.2) is 0 Å². The van der Waals surface area contributed by atoms with Gasteiger partial charge in [0.1, 0.15) is 4.21 Å². The van der Waals surface area contributed by atoms with Crippen LogP contribution in [0.2, 0.25) is 5.02 Å². The highest BCUT2D eigenvalue weighted by atomic mass is 35.5. The molecule has 1 fully saturated rings. The first-order valence-corrected chi connectivity index (χ1v) is 12.3. The summed E-state index contributed by atoms with van der Waals surface area (Å²) in [4.78, 5) is 13.4. The molecule has 1 aromatic heterocycles. The number of thioether (sulfide) groups is 1. The number of rotatable bonds is 7. The third kappa shape index (κ3) is 5.48. The monoisotopic (exact) mass is 444 g/mol. The molecule has 2 heterocycles. The van der Waals surface area contributed by atoms with Crippen LogP contribution < -0.4 is 5.32 Å². The Balaban J connectivity index is 1.40. The van der Waals surface area contributed by atoms with Crippen molar-refractivity contribution >= 4 is 50.6 Å². The van der Waals surface area contributed by atoms with E-state index in [1.165, 1.54) is 15.6 Å². The molecule has 1 saturated heterocycles. The van der Waals surface area contributed by atoms with Crippen LogP contribution in [0.25, 0.3) is 0 Å². The van der Waals surface area contributed by atoms with Gasteiger partial charge in [0, 0.05) is 41.2 Å². The van der Waals surface area contributed by atoms with Crippen molar-refractivity contribution in [1.82, 2.24) is 9.62 Å². The number of nitrogens with zero attached hydrogens (tertiary/aromatic N) is 1. The fourth-order valence-corrected chi connectivity index (χ4v) is 6.42. The standard InChI is InChI=1S/C18H21ClN2O3S3/c19-15-3-5-16(6-4-15)25-13-9-20-18(22)14-7-10-21(11-8-14)27(23,24)17-2-1-12-26-17/h1-6,12,14H,7-11,13H2,(H,20,22). The van der Waals surface area contributed by atoms with E-state index in [0.29, 0.717) is 41.7 Å². The summed E-state index contributed by atoms with van der Waals surface area (Å²) < 4.78 is 26.9. The van der Waals surface area contributed by atoms with Gasteiger partial charge in [-0.2, -0.15) is 4.31 Å². The largest absolute Gasteiger partial charge is 0.355 e. The number of thiophene rings is 1. The Morgan fingerprint density at radius 3 is 2.56 bits per heavy atom. The minimum absolute atomic E-state index is 0.0138. The topological polar surface area (TPSA) is 66.5 Å². The van der Waals surface area contributed by atoms with E-state index in [1.807, 2.05) is 24.3 Å². The van der Waals surface area contributed by atoms with E-state index >= 15 is 0 Å². The van der Waals surface area contributed by atoms with Crippen LogP contribution in [0, 0.1) is 5.92 Å². The minimum atomic E-state index is -3.42. The molecule has 146 valence electrons. The second kappa shape index (κ2) is 9.43. The summed E-state index contributed by atoms with van der Waals surface area (Å²) in [6, 6.07) is 11.0. The maximum atomic E-state index is 12.5. The van der Waals surface area contributed by atoms with Gasteiger partial charge in [0.2, 0.25) is 5.91 Å². The number of carbonyl (C=O) groups excluding carboxylic acids is 1. The van der Waals surface area contributed by atoms with Crippen LogP contribution in [0.1, 0.15) is 12.8 Å². The summed E-state index contributed by atoms with van der Waals surface area (Å²) in [7, 11) is -3.42. The van der Waals surface area contributed by atoms with E-state index in [-0.39, 0.29) is 11.8 Å². The summed E-state index contributed by atoms with van der Waals surface area (Å²) in [6.45, 7) is 1.36. The molecule has 0 radical (unpaired) electrons. The van der Waals surface area contributed by atoms with Crippen molar-refractivity contribution in [2.45, 2.75) is 21.9 Å². The molecule has 0 bridgehead atoms. The Morgan fingerprint density at radius 1 is 1.22 bits per heavy atom. The molecule has 1 aliphatic rings. The van der Waals surface area contributed by atoms with Gasteiger partial charge in [-0.05, 0) is 48.6 Å². The number of nitrogens with one attached hydrogen (secondary N) is 1. The van der Waals surface area contributed by atoms with Gasteiger partial charge in [0.05, 0.1) is 0 Å². The molecule has 27 heavy (non-hydrogen) atoms. The first-order valence-electron chi connectivity index (χ1n) is 8.66. The third-order valence-electron chi connectivity index (χ3n) is 4.40. The van der Waals surface area contributed by atoms with Crippen LogP contribution >= 0.6 is 34.7 Å². The summed E-state index contributed by atoms with van der Waals surface area (Å²) in [5.41, 5.74) is 0. The molecule has 1 aromatic carbocycles. The van der Waals surface area contributed by atoms with E-state index in [4.69, 9.17) is 11.6 Å². The minimum Gasteiger partial charge on any atom is -0.355 e. The van der Waals surface area contributed by atoms with Crippen molar-refractivity contribution in [3.63, 3.8) is 0 Å².